The largest absolute Gasteiger partial charge is 0.342 e. The van der Waals surface area contributed by atoms with E-state index in [2.05, 4.69) is 21.3 Å². The maximum atomic E-state index is 15.3. The fraction of sp³-hybridized carbons (Fsp3) is 0.250. The van der Waals surface area contributed by atoms with E-state index in [-0.39, 0.29) is 51.6 Å². The van der Waals surface area contributed by atoms with Gasteiger partial charge in [-0.2, -0.15) is 0 Å². The summed E-state index contributed by atoms with van der Waals surface area (Å²) in [7, 11) is 0. The number of rotatable bonds is 8. The van der Waals surface area contributed by atoms with Crippen molar-refractivity contribution in [1.29, 1.82) is 0 Å². The summed E-state index contributed by atoms with van der Waals surface area (Å²) in [6.07, 6.45) is 0.651. The van der Waals surface area contributed by atoms with Gasteiger partial charge < -0.3 is 31.1 Å². The number of nitrogens with zero attached hydrogens (tertiary/aromatic N) is 2. The number of fused-ring (bicyclic) bond motifs is 4. The molecule has 0 aliphatic carbocycles. The zero-order valence-electron chi connectivity index (χ0n) is 37.6. The average Bonchev–Trinajstić information content (AvgIpc) is 3.37. The van der Waals surface area contributed by atoms with E-state index in [9.17, 15) is 9.59 Å². The SMILES string of the molecule is O=C1NC(Cc2ccccc2)C(=O)N2Cc3ccccc3C[C@@H]2C(=O)NC(Cc2ccccc2)C(=O)NC(Cc2ccccc2)C(=O)N2Cc3ccccc3C[C@@H]2C(=O)NC1Cc1ccccc1. The van der Waals surface area contributed by atoms with E-state index in [1.807, 2.05) is 170 Å². The lowest BCUT2D eigenvalue weighted by molar-refractivity contribution is -0.147. The second-order valence-electron chi connectivity index (χ2n) is 17.9. The van der Waals surface area contributed by atoms with Crippen molar-refractivity contribution in [3.8, 4) is 0 Å². The van der Waals surface area contributed by atoms with Gasteiger partial charge in [-0.1, -0.05) is 170 Å². The first-order chi connectivity index (χ1) is 33.2. The second-order valence-corrected chi connectivity index (χ2v) is 17.9. The standard InChI is InChI=1S/C56H54N6O6/c63-51-45(29-37-17-5-1-6-18-37)57-53(65)49-33-41-25-13-15-27-43(41)35-61(49)56(68)48(32-40-23-11-4-12-24-40)60-52(64)46(30-38-19-7-2-8-20-38)58-54(66)50-34-42-26-14-16-28-44(42)36-62(50)55(67)47(59-51)31-39-21-9-3-10-22-39/h1-28,45-50H,29-36H2,(H,57,65)(H,58,66)(H,59,63)(H,60,64)/t45?,46?,47?,48?,49-,50-/m1/s1. The second kappa shape index (κ2) is 20.8. The van der Waals surface area contributed by atoms with Gasteiger partial charge in [-0.25, -0.2) is 0 Å². The van der Waals surface area contributed by atoms with Gasteiger partial charge in [0.2, 0.25) is 35.4 Å². The third-order valence-electron chi connectivity index (χ3n) is 13.3. The van der Waals surface area contributed by atoms with Crippen molar-refractivity contribution in [2.24, 2.45) is 0 Å². The quantitative estimate of drug-likeness (QED) is 0.172. The topological polar surface area (TPSA) is 157 Å². The molecule has 0 spiro atoms. The minimum Gasteiger partial charge on any atom is -0.342 e. The highest BCUT2D eigenvalue weighted by Crippen LogP contribution is 2.28. The van der Waals surface area contributed by atoms with Gasteiger partial charge in [0.15, 0.2) is 0 Å². The van der Waals surface area contributed by atoms with Crippen LogP contribution in [0.4, 0.5) is 0 Å². The Morgan fingerprint density at radius 3 is 0.912 bits per heavy atom. The number of carbonyl (C=O) groups excluding carboxylic acids is 6. The summed E-state index contributed by atoms with van der Waals surface area (Å²) in [5.41, 5.74) is 6.54. The van der Waals surface area contributed by atoms with Gasteiger partial charge in [-0.3, -0.25) is 28.8 Å². The van der Waals surface area contributed by atoms with Crippen LogP contribution in [0.1, 0.15) is 44.5 Å². The molecule has 1 saturated heterocycles. The number of benzene rings is 6. The van der Waals surface area contributed by atoms with Crippen LogP contribution in [-0.4, -0.2) is 81.5 Å². The van der Waals surface area contributed by atoms with Crippen molar-refractivity contribution in [2.45, 2.75) is 87.9 Å². The summed E-state index contributed by atoms with van der Waals surface area (Å²) >= 11 is 0. The molecule has 6 aromatic rings. The lowest BCUT2D eigenvalue weighted by Crippen LogP contribution is -2.64. The third-order valence-corrected chi connectivity index (χ3v) is 13.3. The van der Waals surface area contributed by atoms with Gasteiger partial charge in [-0.05, 0) is 44.5 Å². The Morgan fingerprint density at radius 1 is 0.324 bits per heavy atom. The first-order valence-corrected chi connectivity index (χ1v) is 23.3. The normalized spacial score (nSPS) is 22.4. The molecule has 6 aromatic carbocycles. The van der Waals surface area contributed by atoms with E-state index >= 15 is 19.2 Å². The summed E-state index contributed by atoms with van der Waals surface area (Å²) in [4.78, 5) is 93.6. The fourth-order valence-electron chi connectivity index (χ4n) is 9.68. The van der Waals surface area contributed by atoms with Crippen LogP contribution in [0.3, 0.4) is 0 Å². The van der Waals surface area contributed by atoms with Crippen LogP contribution in [0.2, 0.25) is 0 Å². The van der Waals surface area contributed by atoms with Crippen molar-refractivity contribution < 1.29 is 28.8 Å². The van der Waals surface area contributed by atoms with Gasteiger partial charge in [-0.15, -0.1) is 0 Å². The highest BCUT2D eigenvalue weighted by atomic mass is 16.2. The molecule has 344 valence electrons. The molecule has 0 bridgehead atoms. The first-order valence-electron chi connectivity index (χ1n) is 23.3. The number of carbonyl (C=O) groups is 6. The Labute approximate surface area is 396 Å². The molecule has 0 radical (unpaired) electrons. The zero-order chi connectivity index (χ0) is 47.0. The van der Waals surface area contributed by atoms with E-state index in [1.165, 1.54) is 9.80 Å². The fourth-order valence-corrected chi connectivity index (χ4v) is 9.68. The van der Waals surface area contributed by atoms with Crippen LogP contribution >= 0.6 is 0 Å². The molecule has 3 aliphatic rings. The van der Waals surface area contributed by atoms with Crippen LogP contribution < -0.4 is 21.3 Å². The molecule has 12 nitrogen and oxygen atoms in total. The molecular formula is C56H54N6O6. The highest BCUT2D eigenvalue weighted by molar-refractivity contribution is 5.99. The van der Waals surface area contributed by atoms with Crippen molar-refractivity contribution >= 4 is 35.4 Å². The molecule has 0 aromatic heterocycles. The van der Waals surface area contributed by atoms with E-state index in [0.717, 1.165) is 44.5 Å². The number of amides is 6. The van der Waals surface area contributed by atoms with Crippen LogP contribution in [0.15, 0.2) is 170 Å². The minimum atomic E-state index is -1.18. The van der Waals surface area contributed by atoms with Crippen molar-refractivity contribution in [3.63, 3.8) is 0 Å². The maximum Gasteiger partial charge on any atom is 0.246 e. The highest BCUT2D eigenvalue weighted by Gasteiger charge is 2.43. The monoisotopic (exact) mass is 906 g/mol. The molecular weight excluding hydrogens is 853 g/mol. The molecule has 0 saturated carbocycles. The van der Waals surface area contributed by atoms with E-state index in [4.69, 9.17) is 0 Å². The van der Waals surface area contributed by atoms with Crippen LogP contribution in [0.5, 0.6) is 0 Å². The molecule has 12 heteroatoms. The zero-order valence-corrected chi connectivity index (χ0v) is 37.6. The molecule has 6 atom stereocenters. The lowest BCUT2D eigenvalue weighted by Gasteiger charge is -2.40. The minimum absolute atomic E-state index is 0.0701. The van der Waals surface area contributed by atoms with Gasteiger partial charge in [0.05, 0.1) is 0 Å². The molecule has 68 heavy (non-hydrogen) atoms. The Hall–Kier alpha value is -7.86. The van der Waals surface area contributed by atoms with Gasteiger partial charge in [0, 0.05) is 51.6 Å². The van der Waals surface area contributed by atoms with Crippen LogP contribution in [0.25, 0.3) is 0 Å². The van der Waals surface area contributed by atoms with E-state index in [1.54, 1.807) is 0 Å². The van der Waals surface area contributed by atoms with E-state index < -0.39 is 71.7 Å². The molecule has 4 N–H and O–H groups in total. The Morgan fingerprint density at radius 2 is 0.588 bits per heavy atom. The van der Waals surface area contributed by atoms with E-state index in [0.29, 0.717) is 0 Å². The summed E-state index contributed by atoms with van der Waals surface area (Å²) in [6.45, 7) is 0.140. The molecule has 3 aliphatic heterocycles. The summed E-state index contributed by atoms with van der Waals surface area (Å²) in [6, 6.07) is 45.6. The molecule has 4 unspecified atom stereocenters. The predicted octanol–water partition coefficient (Wildman–Crippen LogP) is 4.82. The Balaban J connectivity index is 1.16. The number of hydrogen-bond donors (Lipinski definition) is 4. The predicted molar refractivity (Wildman–Crippen MR) is 257 cm³/mol. The summed E-state index contributed by atoms with van der Waals surface area (Å²) in [5.74, 6) is -3.28. The van der Waals surface area contributed by atoms with Crippen molar-refractivity contribution in [1.82, 2.24) is 31.1 Å². The third kappa shape index (κ3) is 10.5. The maximum absolute atomic E-state index is 15.3. The Bertz CT molecular complexity index is 2580. The molecule has 6 amide bonds. The molecule has 1 fully saturated rings. The van der Waals surface area contributed by atoms with Crippen molar-refractivity contribution in [2.75, 3.05) is 0 Å². The van der Waals surface area contributed by atoms with Crippen LogP contribution in [0, 0.1) is 0 Å². The van der Waals surface area contributed by atoms with Gasteiger partial charge in [0.25, 0.3) is 0 Å². The van der Waals surface area contributed by atoms with Gasteiger partial charge >= 0.3 is 0 Å². The van der Waals surface area contributed by atoms with Crippen molar-refractivity contribution in [3.05, 3.63) is 214 Å². The molecule has 3 heterocycles. The average molecular weight is 907 g/mol. The number of hydrogen-bond acceptors (Lipinski definition) is 6. The number of nitrogens with one attached hydrogen (secondary N) is 4. The summed E-state index contributed by atoms with van der Waals surface area (Å²) < 4.78 is 0. The van der Waals surface area contributed by atoms with Crippen LogP contribution in [-0.2, 0) is 80.4 Å². The molecule has 9 rings (SSSR count). The summed E-state index contributed by atoms with van der Waals surface area (Å²) in [5, 5.41) is 12.1. The first kappa shape index (κ1) is 45.3. The smallest absolute Gasteiger partial charge is 0.246 e. The Kier molecular flexibility index (Phi) is 13.8. The van der Waals surface area contributed by atoms with Gasteiger partial charge in [0.1, 0.15) is 36.3 Å². The lowest BCUT2D eigenvalue weighted by atomic mass is 9.91.